The predicted molar refractivity (Wildman–Crippen MR) is 107 cm³/mol. The van der Waals surface area contributed by atoms with Crippen LogP contribution >= 0.6 is 35.3 Å². The number of hydrogen-bond donors (Lipinski definition) is 1. The molecule has 0 atom stereocenters. The van der Waals surface area contributed by atoms with Crippen molar-refractivity contribution in [3.63, 3.8) is 0 Å². The van der Waals surface area contributed by atoms with Gasteiger partial charge in [0.25, 0.3) is 0 Å². The van der Waals surface area contributed by atoms with E-state index >= 15 is 0 Å². The van der Waals surface area contributed by atoms with E-state index in [1.54, 1.807) is 0 Å². The number of piperidine rings is 1. The minimum atomic E-state index is 0. The number of rotatable bonds is 4. The highest BCUT2D eigenvalue weighted by Gasteiger charge is 2.20. The Labute approximate surface area is 159 Å². The van der Waals surface area contributed by atoms with Crippen molar-refractivity contribution in [3.05, 3.63) is 22.4 Å². The number of thiophene rings is 1. The highest BCUT2D eigenvalue weighted by Crippen LogP contribution is 2.20. The van der Waals surface area contributed by atoms with Gasteiger partial charge in [-0.25, -0.2) is 0 Å². The number of aliphatic imine (C=N–C) groups is 1. The van der Waals surface area contributed by atoms with Crippen LogP contribution in [0.2, 0.25) is 0 Å². The molecule has 23 heavy (non-hydrogen) atoms. The van der Waals surface area contributed by atoms with Gasteiger partial charge in [-0.05, 0) is 43.3 Å². The molecule has 1 aromatic heterocycles. The molecule has 3 rings (SSSR count). The predicted octanol–water partition coefficient (Wildman–Crippen LogP) is 2.23. The molecule has 0 aromatic carbocycles. The highest BCUT2D eigenvalue weighted by molar-refractivity contribution is 14.0. The molecule has 2 N–H and O–H groups in total. The summed E-state index contributed by atoms with van der Waals surface area (Å²) >= 11 is 1.85. The molecule has 3 heterocycles. The third-order valence-corrected chi connectivity index (χ3v) is 5.37. The molecule has 7 heteroatoms. The van der Waals surface area contributed by atoms with Crippen LogP contribution in [0.3, 0.4) is 0 Å². The topological polar surface area (TPSA) is 54.1 Å². The zero-order chi connectivity index (χ0) is 15.2. The molecule has 2 aliphatic heterocycles. The summed E-state index contributed by atoms with van der Waals surface area (Å²) in [4.78, 5) is 10.8. The van der Waals surface area contributed by atoms with E-state index in [-0.39, 0.29) is 24.0 Å². The standard InChI is InChI=1S/C16H26N4OS.HI/c17-16(20-7-9-21-10-8-20)18-12-14-3-5-19(6-4-14)13-15-2-1-11-22-15;/h1-2,11,14H,3-10,12-13H2,(H2,17,18);1H. The van der Waals surface area contributed by atoms with Gasteiger partial charge in [-0.3, -0.25) is 9.89 Å². The molecule has 130 valence electrons. The van der Waals surface area contributed by atoms with Crippen molar-refractivity contribution in [1.82, 2.24) is 9.80 Å². The lowest BCUT2D eigenvalue weighted by Gasteiger charge is -2.31. The second-order valence-electron chi connectivity index (χ2n) is 6.10. The third kappa shape index (κ3) is 5.88. The first-order valence-corrected chi connectivity index (χ1v) is 9.06. The van der Waals surface area contributed by atoms with E-state index in [2.05, 4.69) is 32.3 Å². The molecular formula is C16H27IN4OS. The maximum atomic E-state index is 6.09. The summed E-state index contributed by atoms with van der Waals surface area (Å²) in [6.07, 6.45) is 2.45. The summed E-state index contributed by atoms with van der Waals surface area (Å²) in [6.45, 7) is 7.59. The average molecular weight is 450 g/mol. The second-order valence-corrected chi connectivity index (χ2v) is 7.13. The van der Waals surface area contributed by atoms with Crippen molar-refractivity contribution in [2.75, 3.05) is 45.9 Å². The van der Waals surface area contributed by atoms with Crippen LogP contribution in [-0.2, 0) is 11.3 Å². The Kier molecular flexibility index (Phi) is 8.08. The summed E-state index contributed by atoms with van der Waals surface area (Å²) in [6, 6.07) is 4.36. The van der Waals surface area contributed by atoms with Crippen LogP contribution in [0.25, 0.3) is 0 Å². The molecule has 0 unspecified atom stereocenters. The SMILES string of the molecule is I.NC(=NCC1CCN(Cc2cccs2)CC1)N1CCOCC1. The molecular weight excluding hydrogens is 423 g/mol. The van der Waals surface area contributed by atoms with E-state index in [1.807, 2.05) is 11.3 Å². The van der Waals surface area contributed by atoms with Gasteiger partial charge in [-0.2, -0.15) is 0 Å². The lowest BCUT2D eigenvalue weighted by atomic mass is 9.97. The summed E-state index contributed by atoms with van der Waals surface area (Å²) in [7, 11) is 0. The largest absolute Gasteiger partial charge is 0.378 e. The van der Waals surface area contributed by atoms with E-state index in [9.17, 15) is 0 Å². The van der Waals surface area contributed by atoms with Gasteiger partial charge in [0.15, 0.2) is 5.96 Å². The number of halogens is 1. The van der Waals surface area contributed by atoms with E-state index in [1.165, 1.54) is 30.8 Å². The molecule has 0 aliphatic carbocycles. The van der Waals surface area contributed by atoms with Crippen molar-refractivity contribution in [1.29, 1.82) is 0 Å². The van der Waals surface area contributed by atoms with Crippen molar-refractivity contribution < 1.29 is 4.74 Å². The lowest BCUT2D eigenvalue weighted by Crippen LogP contribution is -2.45. The first-order chi connectivity index (χ1) is 10.8. The highest BCUT2D eigenvalue weighted by atomic mass is 127. The minimum absolute atomic E-state index is 0. The summed E-state index contributed by atoms with van der Waals surface area (Å²) in [5.41, 5.74) is 6.09. The Hall–Kier alpha value is -0.380. The molecule has 0 saturated carbocycles. The summed E-state index contributed by atoms with van der Waals surface area (Å²) in [5, 5.41) is 2.16. The van der Waals surface area contributed by atoms with Crippen LogP contribution in [0.5, 0.6) is 0 Å². The van der Waals surface area contributed by atoms with Crippen LogP contribution in [0.15, 0.2) is 22.5 Å². The fraction of sp³-hybridized carbons (Fsp3) is 0.688. The van der Waals surface area contributed by atoms with Gasteiger partial charge in [0, 0.05) is 31.1 Å². The molecule has 2 saturated heterocycles. The molecule has 1 aromatic rings. The normalized spacial score (nSPS) is 21.2. The van der Waals surface area contributed by atoms with Gasteiger partial charge in [0.2, 0.25) is 0 Å². The zero-order valence-corrected chi connectivity index (χ0v) is 16.7. The van der Waals surface area contributed by atoms with Gasteiger partial charge in [0.1, 0.15) is 0 Å². The fourth-order valence-corrected chi connectivity index (χ4v) is 3.81. The monoisotopic (exact) mass is 450 g/mol. The molecule has 2 fully saturated rings. The zero-order valence-electron chi connectivity index (χ0n) is 13.5. The third-order valence-electron chi connectivity index (χ3n) is 4.51. The Morgan fingerprint density at radius 2 is 2.00 bits per heavy atom. The van der Waals surface area contributed by atoms with Gasteiger partial charge in [0.05, 0.1) is 13.2 Å². The Balaban J connectivity index is 0.00000192. The van der Waals surface area contributed by atoms with E-state index < -0.39 is 0 Å². The molecule has 0 radical (unpaired) electrons. The van der Waals surface area contributed by atoms with Gasteiger partial charge >= 0.3 is 0 Å². The van der Waals surface area contributed by atoms with Gasteiger partial charge in [-0.1, -0.05) is 6.07 Å². The first kappa shape index (κ1) is 19.0. The first-order valence-electron chi connectivity index (χ1n) is 8.18. The van der Waals surface area contributed by atoms with Gasteiger partial charge in [-0.15, -0.1) is 35.3 Å². The van der Waals surface area contributed by atoms with Gasteiger partial charge < -0.3 is 15.4 Å². The van der Waals surface area contributed by atoms with Crippen molar-refractivity contribution >= 4 is 41.3 Å². The smallest absolute Gasteiger partial charge is 0.191 e. The van der Waals surface area contributed by atoms with E-state index in [0.717, 1.165) is 39.4 Å². The van der Waals surface area contributed by atoms with Crippen molar-refractivity contribution in [2.45, 2.75) is 19.4 Å². The molecule has 0 spiro atoms. The summed E-state index contributed by atoms with van der Waals surface area (Å²) in [5.74, 6) is 1.38. The molecule has 5 nitrogen and oxygen atoms in total. The number of nitrogens with two attached hydrogens (primary N) is 1. The second kappa shape index (κ2) is 9.80. The number of hydrogen-bond acceptors (Lipinski definition) is 4. The number of guanidine groups is 1. The molecule has 2 aliphatic rings. The molecule has 0 bridgehead atoms. The van der Waals surface area contributed by atoms with Crippen LogP contribution < -0.4 is 5.73 Å². The van der Waals surface area contributed by atoms with Crippen LogP contribution in [0.4, 0.5) is 0 Å². The number of morpholine rings is 1. The van der Waals surface area contributed by atoms with E-state index in [4.69, 9.17) is 10.5 Å². The molecule has 0 amide bonds. The maximum absolute atomic E-state index is 6.09. The van der Waals surface area contributed by atoms with Crippen molar-refractivity contribution in [3.8, 4) is 0 Å². The quantitative estimate of drug-likeness (QED) is 0.435. The lowest BCUT2D eigenvalue weighted by molar-refractivity contribution is 0.0673. The summed E-state index contributed by atoms with van der Waals surface area (Å²) < 4.78 is 5.34. The maximum Gasteiger partial charge on any atom is 0.191 e. The van der Waals surface area contributed by atoms with Crippen LogP contribution in [0, 0.1) is 5.92 Å². The Morgan fingerprint density at radius 1 is 1.26 bits per heavy atom. The number of likely N-dealkylation sites (tertiary alicyclic amines) is 1. The number of nitrogens with zero attached hydrogens (tertiary/aromatic N) is 3. The van der Waals surface area contributed by atoms with Crippen LogP contribution in [-0.4, -0.2) is 61.7 Å². The number of ether oxygens (including phenoxy) is 1. The van der Waals surface area contributed by atoms with Crippen LogP contribution in [0.1, 0.15) is 17.7 Å². The Morgan fingerprint density at radius 3 is 2.65 bits per heavy atom. The fourth-order valence-electron chi connectivity index (χ4n) is 3.07. The minimum Gasteiger partial charge on any atom is -0.378 e. The van der Waals surface area contributed by atoms with Crippen molar-refractivity contribution in [2.24, 2.45) is 16.6 Å². The average Bonchev–Trinajstić information content (AvgIpc) is 3.08. The Bertz CT molecular complexity index is 468. The van der Waals surface area contributed by atoms with E-state index in [0.29, 0.717) is 11.9 Å².